The van der Waals surface area contributed by atoms with E-state index in [1.807, 2.05) is 32.0 Å². The Balaban J connectivity index is 1.52. The monoisotopic (exact) mass is 432 g/mol. The van der Waals surface area contributed by atoms with Crippen LogP contribution in [0.3, 0.4) is 0 Å². The van der Waals surface area contributed by atoms with E-state index in [0.29, 0.717) is 35.4 Å². The summed E-state index contributed by atoms with van der Waals surface area (Å²) >= 11 is 2.88. The van der Waals surface area contributed by atoms with E-state index >= 15 is 0 Å². The number of rotatable bonds is 8. The molecular weight excluding hydrogens is 408 g/mol. The summed E-state index contributed by atoms with van der Waals surface area (Å²) in [6.45, 7) is 4.59. The third kappa shape index (κ3) is 4.91. The molecule has 0 spiro atoms. The molecule has 1 amide bonds. The Kier molecular flexibility index (Phi) is 6.81. The molecule has 0 fully saturated rings. The van der Waals surface area contributed by atoms with Gasteiger partial charge >= 0.3 is 0 Å². The van der Waals surface area contributed by atoms with Crippen LogP contribution in [0.25, 0.3) is 10.2 Å². The number of ether oxygens (including phenoxy) is 2. The van der Waals surface area contributed by atoms with Gasteiger partial charge < -0.3 is 20.5 Å². The number of thioether (sulfide) groups is 1. The van der Waals surface area contributed by atoms with Crippen LogP contribution in [0.5, 0.6) is 11.5 Å². The SMILES string of the molecule is COc1ccc(CCNC(=O)CSc2nc(N)c3c(C)c(C)sc3n2)cc1OC. The van der Waals surface area contributed by atoms with E-state index in [1.165, 1.54) is 16.6 Å². The largest absolute Gasteiger partial charge is 0.493 e. The zero-order chi connectivity index (χ0) is 21.0. The molecular formula is C20H24N4O3S2. The Morgan fingerprint density at radius 1 is 1.21 bits per heavy atom. The van der Waals surface area contributed by atoms with Gasteiger partial charge in [0.2, 0.25) is 5.91 Å². The Morgan fingerprint density at radius 2 is 1.97 bits per heavy atom. The molecule has 1 aromatic carbocycles. The normalized spacial score (nSPS) is 10.9. The van der Waals surface area contributed by atoms with Gasteiger partial charge in [-0.2, -0.15) is 0 Å². The van der Waals surface area contributed by atoms with Crippen LogP contribution in [0.2, 0.25) is 0 Å². The Labute approximate surface area is 178 Å². The highest BCUT2D eigenvalue weighted by molar-refractivity contribution is 7.99. The van der Waals surface area contributed by atoms with Crippen LogP contribution in [0.4, 0.5) is 5.82 Å². The van der Waals surface area contributed by atoms with Crippen molar-refractivity contribution in [1.82, 2.24) is 15.3 Å². The molecule has 2 heterocycles. The second-order valence-corrected chi connectivity index (χ2v) is 8.58. The molecule has 0 aliphatic heterocycles. The van der Waals surface area contributed by atoms with Gasteiger partial charge in [-0.25, -0.2) is 9.97 Å². The number of aromatic nitrogens is 2. The molecule has 7 nitrogen and oxygen atoms in total. The van der Waals surface area contributed by atoms with Crippen LogP contribution in [0.1, 0.15) is 16.0 Å². The van der Waals surface area contributed by atoms with Gasteiger partial charge in [-0.05, 0) is 43.5 Å². The van der Waals surface area contributed by atoms with Crippen LogP contribution in [0, 0.1) is 13.8 Å². The van der Waals surface area contributed by atoms with Crippen LogP contribution in [0.15, 0.2) is 23.4 Å². The molecule has 3 N–H and O–H groups in total. The number of nitrogen functional groups attached to an aromatic ring is 1. The second-order valence-electron chi connectivity index (χ2n) is 6.43. The summed E-state index contributed by atoms with van der Waals surface area (Å²) in [6.07, 6.45) is 0.694. The van der Waals surface area contributed by atoms with Gasteiger partial charge in [-0.15, -0.1) is 11.3 Å². The van der Waals surface area contributed by atoms with Crippen molar-refractivity contribution in [2.24, 2.45) is 0 Å². The molecule has 3 rings (SSSR count). The number of amides is 1. The van der Waals surface area contributed by atoms with E-state index in [9.17, 15) is 4.79 Å². The van der Waals surface area contributed by atoms with Gasteiger partial charge in [-0.1, -0.05) is 17.8 Å². The molecule has 0 bridgehead atoms. The summed E-state index contributed by atoms with van der Waals surface area (Å²) in [7, 11) is 3.21. The fourth-order valence-electron chi connectivity index (χ4n) is 2.89. The maximum atomic E-state index is 12.2. The maximum absolute atomic E-state index is 12.2. The number of hydrogen-bond donors (Lipinski definition) is 2. The standard InChI is InChI=1S/C20H24N4O3S2/c1-11-12(2)29-19-17(11)18(21)23-20(24-19)28-10-16(25)22-8-7-13-5-6-14(26-3)15(9-13)27-4/h5-6,9H,7-8,10H2,1-4H3,(H,22,25)(H2,21,23,24). The number of methoxy groups -OCH3 is 2. The highest BCUT2D eigenvalue weighted by Crippen LogP contribution is 2.33. The fraction of sp³-hybridized carbons (Fsp3) is 0.350. The molecule has 154 valence electrons. The van der Waals surface area contributed by atoms with Crippen molar-refractivity contribution in [3.05, 3.63) is 34.2 Å². The molecule has 9 heteroatoms. The number of benzene rings is 1. The summed E-state index contributed by atoms with van der Waals surface area (Å²) in [6, 6.07) is 5.73. The Bertz CT molecular complexity index is 1040. The predicted octanol–water partition coefficient (Wildman–Crippen LogP) is 3.36. The number of nitrogens with zero attached hydrogens (tertiary/aromatic N) is 2. The van der Waals surface area contributed by atoms with Gasteiger partial charge in [0.15, 0.2) is 16.7 Å². The first-order chi connectivity index (χ1) is 13.9. The van der Waals surface area contributed by atoms with Crippen molar-refractivity contribution in [2.45, 2.75) is 25.4 Å². The summed E-state index contributed by atoms with van der Waals surface area (Å²) in [4.78, 5) is 23.1. The van der Waals surface area contributed by atoms with Gasteiger partial charge in [0.1, 0.15) is 10.6 Å². The van der Waals surface area contributed by atoms with Crippen molar-refractivity contribution in [3.8, 4) is 11.5 Å². The van der Waals surface area contributed by atoms with E-state index in [4.69, 9.17) is 15.2 Å². The van der Waals surface area contributed by atoms with Crippen molar-refractivity contribution >= 4 is 45.0 Å². The lowest BCUT2D eigenvalue weighted by atomic mass is 10.1. The number of carbonyl (C=O) groups is 1. The van der Waals surface area contributed by atoms with E-state index in [-0.39, 0.29) is 11.7 Å². The lowest BCUT2D eigenvalue weighted by Crippen LogP contribution is -2.27. The zero-order valence-electron chi connectivity index (χ0n) is 16.9. The van der Waals surface area contributed by atoms with Crippen LogP contribution < -0.4 is 20.5 Å². The first-order valence-electron chi connectivity index (χ1n) is 9.06. The minimum Gasteiger partial charge on any atom is -0.493 e. The number of hydrogen-bond acceptors (Lipinski definition) is 8. The molecule has 0 atom stereocenters. The van der Waals surface area contributed by atoms with Crippen molar-refractivity contribution in [2.75, 3.05) is 32.3 Å². The molecule has 2 aromatic heterocycles. The van der Waals surface area contributed by atoms with E-state index in [0.717, 1.165) is 21.3 Å². The van der Waals surface area contributed by atoms with Crippen LogP contribution >= 0.6 is 23.1 Å². The summed E-state index contributed by atoms with van der Waals surface area (Å²) < 4.78 is 10.5. The van der Waals surface area contributed by atoms with Gasteiger partial charge in [0, 0.05) is 11.4 Å². The second kappa shape index (κ2) is 9.32. The third-order valence-corrected chi connectivity index (χ3v) is 6.50. The first-order valence-corrected chi connectivity index (χ1v) is 10.9. The lowest BCUT2D eigenvalue weighted by molar-refractivity contribution is -0.118. The minimum atomic E-state index is -0.0729. The first kappa shape index (κ1) is 21.2. The predicted molar refractivity (Wildman–Crippen MR) is 118 cm³/mol. The number of aryl methyl sites for hydroxylation is 2. The summed E-state index contributed by atoms with van der Waals surface area (Å²) in [5, 5.41) is 4.35. The highest BCUT2D eigenvalue weighted by atomic mass is 32.2. The molecule has 0 radical (unpaired) electrons. The van der Waals surface area contributed by atoms with Crippen molar-refractivity contribution < 1.29 is 14.3 Å². The number of nitrogens with one attached hydrogen (secondary N) is 1. The van der Waals surface area contributed by atoms with Gasteiger partial charge in [-0.3, -0.25) is 4.79 Å². The Hall–Kier alpha value is -2.52. The highest BCUT2D eigenvalue weighted by Gasteiger charge is 2.14. The van der Waals surface area contributed by atoms with E-state index in [2.05, 4.69) is 15.3 Å². The average Bonchev–Trinajstić information content (AvgIpc) is 3.00. The van der Waals surface area contributed by atoms with E-state index < -0.39 is 0 Å². The van der Waals surface area contributed by atoms with Crippen LogP contribution in [-0.2, 0) is 11.2 Å². The molecule has 29 heavy (non-hydrogen) atoms. The molecule has 0 saturated carbocycles. The number of fused-ring (bicyclic) bond motifs is 1. The van der Waals surface area contributed by atoms with Crippen molar-refractivity contribution in [3.63, 3.8) is 0 Å². The number of carbonyl (C=O) groups excluding carboxylic acids is 1. The smallest absolute Gasteiger partial charge is 0.230 e. The molecule has 0 aliphatic carbocycles. The maximum Gasteiger partial charge on any atom is 0.230 e. The quantitative estimate of drug-likeness (QED) is 0.416. The average molecular weight is 433 g/mol. The fourth-order valence-corrected chi connectivity index (χ4v) is 4.66. The van der Waals surface area contributed by atoms with Crippen molar-refractivity contribution in [1.29, 1.82) is 0 Å². The third-order valence-electron chi connectivity index (χ3n) is 4.55. The number of nitrogens with two attached hydrogens (primary N) is 1. The topological polar surface area (TPSA) is 99.4 Å². The zero-order valence-corrected chi connectivity index (χ0v) is 18.5. The molecule has 0 unspecified atom stereocenters. The van der Waals surface area contributed by atoms with Gasteiger partial charge in [0.05, 0.1) is 25.4 Å². The van der Waals surface area contributed by atoms with E-state index in [1.54, 1.807) is 25.6 Å². The minimum absolute atomic E-state index is 0.0729. The Morgan fingerprint density at radius 3 is 2.69 bits per heavy atom. The number of thiophene rings is 1. The number of anilines is 1. The lowest BCUT2D eigenvalue weighted by Gasteiger charge is -2.10. The molecule has 0 aliphatic rings. The summed E-state index contributed by atoms with van der Waals surface area (Å²) in [5.41, 5.74) is 8.26. The van der Waals surface area contributed by atoms with Crippen LogP contribution in [-0.4, -0.2) is 42.4 Å². The molecule has 3 aromatic rings. The van der Waals surface area contributed by atoms with Gasteiger partial charge in [0.25, 0.3) is 0 Å². The summed E-state index contributed by atoms with van der Waals surface area (Å²) in [5.74, 6) is 1.99. The molecule has 0 saturated heterocycles.